The van der Waals surface area contributed by atoms with Crippen LogP contribution in [-0.2, 0) is 14.3 Å². The molecule has 1 atom stereocenters. The zero-order valence-electron chi connectivity index (χ0n) is 27.8. The maximum Gasteiger partial charge on any atom is 0.245 e. The van der Waals surface area contributed by atoms with Crippen LogP contribution in [0.2, 0.25) is 5.02 Å². The summed E-state index contributed by atoms with van der Waals surface area (Å²) in [7, 11) is 0. The lowest BCUT2D eigenvalue weighted by Gasteiger charge is -2.59. The Morgan fingerprint density at radius 2 is 1.93 bits per heavy atom. The minimum Gasteiger partial charge on any atom is -0.376 e. The molecule has 2 saturated carbocycles. The number of piperazine rings is 1. The number of halogens is 1. The molecule has 2 aromatic heterocycles. The molecule has 5 aliphatic rings. The van der Waals surface area contributed by atoms with Crippen LogP contribution in [0.1, 0.15) is 63.3 Å². The number of hydrogen-bond donors (Lipinski definition) is 1. The van der Waals surface area contributed by atoms with Gasteiger partial charge in [0.05, 0.1) is 54.2 Å². The number of nitrogens with one attached hydrogen (secondary N) is 1. The van der Waals surface area contributed by atoms with E-state index < -0.39 is 0 Å². The highest BCUT2D eigenvalue weighted by Crippen LogP contribution is 2.56. The maximum absolute atomic E-state index is 12.1. The van der Waals surface area contributed by atoms with Gasteiger partial charge in [0.25, 0.3) is 0 Å². The van der Waals surface area contributed by atoms with Gasteiger partial charge in [-0.1, -0.05) is 32.0 Å². The fourth-order valence-electron chi connectivity index (χ4n) is 8.69. The van der Waals surface area contributed by atoms with Crippen LogP contribution in [0.15, 0.2) is 24.9 Å². The lowest BCUT2D eigenvalue weighted by atomic mass is 9.60. The number of amides is 1. The first-order valence-electron chi connectivity index (χ1n) is 17.1. The summed E-state index contributed by atoms with van der Waals surface area (Å²) in [5.41, 5.74) is 5.57. The number of aromatic nitrogens is 4. The molecule has 3 aliphatic heterocycles. The third-order valence-electron chi connectivity index (χ3n) is 11.1. The van der Waals surface area contributed by atoms with E-state index in [-0.39, 0.29) is 23.0 Å². The molecule has 11 heteroatoms. The van der Waals surface area contributed by atoms with E-state index >= 15 is 0 Å². The summed E-state index contributed by atoms with van der Waals surface area (Å²) < 4.78 is 14.0. The molecule has 3 saturated heterocycles. The number of fused-ring (bicyclic) bond motifs is 1. The van der Waals surface area contributed by atoms with Gasteiger partial charge in [-0.3, -0.25) is 19.5 Å². The number of carbonyl (C=O) groups excluding carboxylic acids is 1. The lowest BCUT2D eigenvalue weighted by Crippen LogP contribution is -2.67. The van der Waals surface area contributed by atoms with Gasteiger partial charge in [0.15, 0.2) is 5.82 Å². The minimum absolute atomic E-state index is 0.0321. The van der Waals surface area contributed by atoms with Crippen molar-refractivity contribution in [3.8, 4) is 11.1 Å². The molecule has 5 heterocycles. The Hall–Kier alpha value is -2.92. The first kappa shape index (κ1) is 31.7. The quantitative estimate of drug-likeness (QED) is 0.351. The molecule has 1 N–H and O–H groups in total. The van der Waals surface area contributed by atoms with Gasteiger partial charge >= 0.3 is 0 Å². The van der Waals surface area contributed by atoms with Crippen molar-refractivity contribution in [2.75, 3.05) is 64.0 Å². The first-order chi connectivity index (χ1) is 22.3. The van der Waals surface area contributed by atoms with E-state index in [1.165, 1.54) is 12.5 Å². The van der Waals surface area contributed by atoms with E-state index in [2.05, 4.69) is 51.2 Å². The zero-order chi connectivity index (χ0) is 32.2. The van der Waals surface area contributed by atoms with Gasteiger partial charge in [0, 0.05) is 66.9 Å². The van der Waals surface area contributed by atoms with Crippen molar-refractivity contribution in [2.45, 2.75) is 77.5 Å². The van der Waals surface area contributed by atoms with Crippen LogP contribution in [0.4, 0.5) is 5.82 Å². The van der Waals surface area contributed by atoms with Crippen molar-refractivity contribution < 1.29 is 14.3 Å². The predicted octanol–water partition coefficient (Wildman–Crippen LogP) is 5.53. The fourth-order valence-corrected chi connectivity index (χ4v) is 8.94. The van der Waals surface area contributed by atoms with E-state index in [0.29, 0.717) is 25.9 Å². The van der Waals surface area contributed by atoms with Crippen LogP contribution >= 0.6 is 11.6 Å². The number of benzene rings is 1. The van der Waals surface area contributed by atoms with Crippen molar-refractivity contribution in [3.63, 3.8) is 0 Å². The number of anilines is 1. The van der Waals surface area contributed by atoms with Gasteiger partial charge in [-0.15, -0.1) is 0 Å². The summed E-state index contributed by atoms with van der Waals surface area (Å²) >= 11 is 7.19. The highest BCUT2D eigenvalue weighted by Gasteiger charge is 2.55. The fraction of sp³-hybridized carbons (Fsp3) is 0.629. The SMILES string of the molecule is C=CC(=O)N1CC2(CC(n3nc(N4CCN(CC5COCCO5)CC45CCC5)c(-c4c(Cl)c(C)cc5[nH]ncc45)c3C)C2)C1.CC. The Kier molecular flexibility index (Phi) is 8.45. The number of likely N-dealkylation sites (tertiary alicyclic amines) is 1. The normalized spacial score (nSPS) is 23.9. The molecule has 1 aromatic carbocycles. The molecule has 1 unspecified atom stereocenters. The average Bonchev–Trinajstić information content (AvgIpc) is 3.61. The second kappa shape index (κ2) is 12.3. The van der Waals surface area contributed by atoms with Gasteiger partial charge in [-0.2, -0.15) is 10.2 Å². The topological polar surface area (TPSA) is 91.8 Å². The number of nitrogens with zero attached hydrogens (tertiary/aromatic N) is 6. The molecule has 3 aromatic rings. The second-order valence-electron chi connectivity index (χ2n) is 13.9. The maximum atomic E-state index is 12.1. The highest BCUT2D eigenvalue weighted by atomic mass is 35.5. The molecule has 0 radical (unpaired) electrons. The predicted molar refractivity (Wildman–Crippen MR) is 182 cm³/mol. The smallest absolute Gasteiger partial charge is 0.245 e. The number of rotatable bonds is 6. The van der Waals surface area contributed by atoms with E-state index in [1.54, 1.807) is 0 Å². The number of ether oxygens (including phenoxy) is 2. The molecule has 2 aliphatic carbocycles. The summed E-state index contributed by atoms with van der Waals surface area (Å²) in [6, 6.07) is 2.38. The van der Waals surface area contributed by atoms with Crippen LogP contribution in [0.3, 0.4) is 0 Å². The van der Waals surface area contributed by atoms with Crippen LogP contribution in [0, 0.1) is 19.3 Å². The molecule has 5 fully saturated rings. The van der Waals surface area contributed by atoms with Gasteiger partial charge < -0.3 is 19.3 Å². The third kappa shape index (κ3) is 5.16. The summed E-state index contributed by atoms with van der Waals surface area (Å²) in [4.78, 5) is 19.2. The average molecular weight is 650 g/mol. The molecule has 10 nitrogen and oxygen atoms in total. The molecule has 0 bridgehead atoms. The largest absolute Gasteiger partial charge is 0.376 e. The molecule has 2 spiro atoms. The number of H-pyrrole nitrogens is 1. The Morgan fingerprint density at radius 1 is 1.15 bits per heavy atom. The van der Waals surface area contributed by atoms with Crippen molar-refractivity contribution in [3.05, 3.63) is 41.2 Å². The van der Waals surface area contributed by atoms with E-state index in [1.807, 2.05) is 24.9 Å². The van der Waals surface area contributed by atoms with Crippen molar-refractivity contribution >= 4 is 34.2 Å². The Labute approximate surface area is 277 Å². The number of carbonyl (C=O) groups is 1. The van der Waals surface area contributed by atoms with Crippen molar-refractivity contribution in [1.29, 1.82) is 0 Å². The molecule has 46 heavy (non-hydrogen) atoms. The summed E-state index contributed by atoms with van der Waals surface area (Å²) in [5.74, 6) is 1.08. The standard InChI is InChI=1S/C33H42ClN7O3.C2H6/c1-4-27(42)39-18-32(19-39)13-23(14-32)41-22(3)28(29-25-15-35-36-26(25)12-21(2)30(29)34)31(37-41)40-9-8-38(20-33(40)6-5-7-33)16-24-17-43-10-11-44-24;1-2/h4,12,15,23-24H,1,5-11,13-14,16-20H2,2-3H3,(H,35,36);1-2H3. The Bertz CT molecular complexity index is 1610. The number of hydrogen-bond acceptors (Lipinski definition) is 7. The Balaban J connectivity index is 0.00000166. The van der Waals surface area contributed by atoms with E-state index in [0.717, 1.165) is 109 Å². The van der Waals surface area contributed by atoms with E-state index in [9.17, 15) is 4.79 Å². The summed E-state index contributed by atoms with van der Waals surface area (Å²) in [6.07, 6.45) is 9.05. The molecule has 248 valence electrons. The molecule has 8 rings (SSSR count). The van der Waals surface area contributed by atoms with Crippen LogP contribution in [-0.4, -0.2) is 106 Å². The number of aromatic amines is 1. The summed E-state index contributed by atoms with van der Waals surface area (Å²) in [5, 5.41) is 14.9. The van der Waals surface area contributed by atoms with Crippen LogP contribution in [0.25, 0.3) is 22.0 Å². The monoisotopic (exact) mass is 649 g/mol. The Morgan fingerprint density at radius 3 is 2.61 bits per heavy atom. The molecule has 1 amide bonds. The van der Waals surface area contributed by atoms with Crippen molar-refractivity contribution in [1.82, 2.24) is 29.8 Å². The molecular formula is C35H48ClN7O3. The first-order valence-corrected chi connectivity index (χ1v) is 17.5. The van der Waals surface area contributed by atoms with Crippen molar-refractivity contribution in [2.24, 2.45) is 5.41 Å². The van der Waals surface area contributed by atoms with Crippen LogP contribution < -0.4 is 4.90 Å². The van der Waals surface area contributed by atoms with Gasteiger partial charge in [-0.05, 0) is 63.7 Å². The van der Waals surface area contributed by atoms with Gasteiger partial charge in [0.2, 0.25) is 5.91 Å². The van der Waals surface area contributed by atoms with E-state index in [4.69, 9.17) is 26.2 Å². The van der Waals surface area contributed by atoms with Gasteiger partial charge in [0.1, 0.15) is 0 Å². The lowest BCUT2D eigenvalue weighted by molar-refractivity contribution is -0.149. The minimum atomic E-state index is 0.0321. The van der Waals surface area contributed by atoms with Gasteiger partial charge in [-0.25, -0.2) is 0 Å². The highest BCUT2D eigenvalue weighted by molar-refractivity contribution is 6.36. The second-order valence-corrected chi connectivity index (χ2v) is 14.3. The number of aryl methyl sites for hydroxylation is 1. The molecular weight excluding hydrogens is 602 g/mol. The zero-order valence-corrected chi connectivity index (χ0v) is 28.5. The third-order valence-corrected chi connectivity index (χ3v) is 11.6. The summed E-state index contributed by atoms with van der Waals surface area (Å²) in [6.45, 7) is 19.4. The van der Waals surface area contributed by atoms with Crippen LogP contribution in [0.5, 0.6) is 0 Å².